The van der Waals surface area contributed by atoms with Crippen molar-refractivity contribution in [1.29, 1.82) is 0 Å². The van der Waals surface area contributed by atoms with E-state index in [1.54, 1.807) is 0 Å². The maximum absolute atomic E-state index is 12.9. The summed E-state index contributed by atoms with van der Waals surface area (Å²) < 4.78 is 0. The number of aromatic nitrogens is 1. The van der Waals surface area contributed by atoms with Crippen LogP contribution in [0.15, 0.2) is 35.0 Å². The smallest absolute Gasteiger partial charge is 0.280 e. The van der Waals surface area contributed by atoms with E-state index in [0.29, 0.717) is 15.7 Å². The Bertz CT molecular complexity index is 1050. The van der Waals surface area contributed by atoms with Crippen LogP contribution in [0.5, 0.6) is 0 Å². The van der Waals surface area contributed by atoms with E-state index < -0.39 is 0 Å². The SMILES string of the molecule is CC(C)(C)N1Cc2nc(C(=O)N[C@@H]3CCC[C@H]3NC(=O)C3=CC4C=C(Cl)C=CC4N3)sc2C1. The Labute approximate surface area is 203 Å². The van der Waals surface area contributed by atoms with E-state index in [-0.39, 0.29) is 41.4 Å². The van der Waals surface area contributed by atoms with Gasteiger partial charge in [0, 0.05) is 46.5 Å². The van der Waals surface area contributed by atoms with Gasteiger partial charge in [-0.15, -0.1) is 11.3 Å². The van der Waals surface area contributed by atoms with Crippen LogP contribution >= 0.6 is 22.9 Å². The number of amides is 2. The summed E-state index contributed by atoms with van der Waals surface area (Å²) in [6, 6.07) is -0.122. The molecule has 1 aromatic heterocycles. The quantitative estimate of drug-likeness (QED) is 0.607. The molecule has 1 aromatic rings. The first-order valence-corrected chi connectivity index (χ1v) is 12.8. The summed E-state index contributed by atoms with van der Waals surface area (Å²) in [5.41, 5.74) is 1.66. The third-order valence-electron chi connectivity index (χ3n) is 6.90. The predicted molar refractivity (Wildman–Crippen MR) is 130 cm³/mol. The van der Waals surface area contributed by atoms with E-state index in [9.17, 15) is 9.59 Å². The van der Waals surface area contributed by atoms with E-state index in [4.69, 9.17) is 11.6 Å². The van der Waals surface area contributed by atoms with E-state index in [0.717, 1.165) is 38.0 Å². The highest BCUT2D eigenvalue weighted by molar-refractivity contribution is 7.13. The number of allylic oxidation sites excluding steroid dienone is 2. The van der Waals surface area contributed by atoms with E-state index in [2.05, 4.69) is 46.6 Å². The summed E-state index contributed by atoms with van der Waals surface area (Å²) in [7, 11) is 0. The third kappa shape index (κ3) is 4.61. The molecule has 2 amide bonds. The summed E-state index contributed by atoms with van der Waals surface area (Å²) in [5, 5.41) is 10.7. The standard InChI is InChI=1S/C24H30ClN5O2S/c1-24(2,3)30-11-19-20(12-30)33-23(29-19)22(32)28-17-6-4-5-16(17)27-21(31)18-10-13-9-14(25)7-8-15(13)26-18/h7-10,13,15-17,26H,4-6,11-12H2,1-3H3,(H,27,31)(H,28,32)/t13?,15?,16-,17-/m1/s1. The Hall–Kier alpha value is -2.16. The molecule has 33 heavy (non-hydrogen) atoms. The summed E-state index contributed by atoms with van der Waals surface area (Å²) in [6.07, 6.45) is 10.4. The van der Waals surface area contributed by atoms with E-state index in [1.807, 2.05) is 24.3 Å². The monoisotopic (exact) mass is 487 g/mol. The van der Waals surface area contributed by atoms with E-state index >= 15 is 0 Å². The van der Waals surface area contributed by atoms with Crippen LogP contribution < -0.4 is 16.0 Å². The van der Waals surface area contributed by atoms with Gasteiger partial charge in [0.15, 0.2) is 5.01 Å². The Balaban J connectivity index is 1.18. The minimum atomic E-state index is -0.142. The summed E-state index contributed by atoms with van der Waals surface area (Å²) >= 11 is 7.57. The van der Waals surface area contributed by atoms with Crippen molar-refractivity contribution < 1.29 is 9.59 Å². The molecule has 3 heterocycles. The number of nitrogens with zero attached hydrogens (tertiary/aromatic N) is 2. The van der Waals surface area contributed by atoms with Crippen molar-refractivity contribution in [2.45, 2.75) is 76.8 Å². The Morgan fingerprint density at radius 1 is 1.15 bits per heavy atom. The molecule has 9 heteroatoms. The van der Waals surface area contributed by atoms with Gasteiger partial charge in [0.1, 0.15) is 0 Å². The predicted octanol–water partition coefficient (Wildman–Crippen LogP) is 3.19. The Morgan fingerprint density at radius 2 is 1.88 bits per heavy atom. The van der Waals surface area contributed by atoms with Gasteiger partial charge in [-0.3, -0.25) is 14.5 Å². The highest BCUT2D eigenvalue weighted by Gasteiger charge is 2.35. The van der Waals surface area contributed by atoms with Gasteiger partial charge in [-0.05, 0) is 52.2 Å². The number of thiazole rings is 1. The van der Waals surface area contributed by atoms with Gasteiger partial charge in [0.05, 0.1) is 17.4 Å². The van der Waals surface area contributed by atoms with Crippen molar-refractivity contribution in [1.82, 2.24) is 25.8 Å². The van der Waals surface area contributed by atoms with Crippen LogP contribution in [0.3, 0.4) is 0 Å². The molecule has 1 saturated carbocycles. The van der Waals surface area contributed by atoms with Crippen molar-refractivity contribution in [3.05, 3.63) is 50.6 Å². The number of rotatable bonds is 4. The van der Waals surface area contributed by atoms with Gasteiger partial charge in [0.2, 0.25) is 0 Å². The number of nitrogens with one attached hydrogen (secondary N) is 3. The van der Waals surface area contributed by atoms with Crippen LogP contribution in [0.4, 0.5) is 0 Å². The summed E-state index contributed by atoms with van der Waals surface area (Å²) in [4.78, 5) is 34.0. The number of hydrogen-bond acceptors (Lipinski definition) is 6. The fraction of sp³-hybridized carbons (Fsp3) is 0.542. The van der Waals surface area contributed by atoms with Crippen LogP contribution in [-0.2, 0) is 17.9 Å². The number of halogens is 1. The molecule has 2 aliphatic carbocycles. The van der Waals surface area contributed by atoms with Crippen molar-refractivity contribution in [3.63, 3.8) is 0 Å². The van der Waals surface area contributed by atoms with Crippen molar-refractivity contribution in [3.8, 4) is 0 Å². The molecule has 176 valence electrons. The zero-order valence-corrected chi connectivity index (χ0v) is 20.7. The molecule has 0 radical (unpaired) electrons. The van der Waals surface area contributed by atoms with Crippen LogP contribution in [0.1, 0.15) is 60.4 Å². The molecular formula is C24H30ClN5O2S. The minimum absolute atomic E-state index is 0.0633. The molecule has 7 nitrogen and oxygen atoms in total. The first kappa shape index (κ1) is 22.6. The second kappa shape index (κ2) is 8.56. The first-order valence-electron chi connectivity index (χ1n) is 11.6. The number of fused-ring (bicyclic) bond motifs is 2. The molecule has 0 spiro atoms. The molecule has 2 aliphatic heterocycles. The normalized spacial score (nSPS) is 28.6. The number of carbonyl (C=O) groups excluding carboxylic acids is 2. The zero-order valence-electron chi connectivity index (χ0n) is 19.2. The molecule has 1 fully saturated rings. The van der Waals surface area contributed by atoms with Crippen LogP contribution in [0, 0.1) is 5.92 Å². The highest BCUT2D eigenvalue weighted by atomic mass is 35.5. The minimum Gasteiger partial charge on any atom is -0.374 e. The summed E-state index contributed by atoms with van der Waals surface area (Å²) in [6.45, 7) is 8.20. The van der Waals surface area contributed by atoms with Crippen molar-refractivity contribution >= 4 is 34.8 Å². The molecule has 3 N–H and O–H groups in total. The maximum atomic E-state index is 12.9. The van der Waals surface area contributed by atoms with Gasteiger partial charge in [-0.2, -0.15) is 0 Å². The molecular weight excluding hydrogens is 458 g/mol. The Morgan fingerprint density at radius 3 is 2.58 bits per heavy atom. The van der Waals surface area contributed by atoms with Gasteiger partial charge in [-0.1, -0.05) is 23.8 Å². The van der Waals surface area contributed by atoms with Crippen molar-refractivity contribution in [2.75, 3.05) is 0 Å². The first-order chi connectivity index (χ1) is 15.7. The molecule has 2 unspecified atom stereocenters. The topological polar surface area (TPSA) is 86.4 Å². The second-order valence-electron chi connectivity index (χ2n) is 10.2. The largest absolute Gasteiger partial charge is 0.374 e. The maximum Gasteiger partial charge on any atom is 0.280 e. The lowest BCUT2D eigenvalue weighted by Crippen LogP contribution is -2.49. The molecule has 4 aliphatic rings. The highest BCUT2D eigenvalue weighted by Crippen LogP contribution is 2.33. The van der Waals surface area contributed by atoms with Crippen LogP contribution in [0.2, 0.25) is 0 Å². The van der Waals surface area contributed by atoms with Crippen LogP contribution in [-0.4, -0.2) is 45.4 Å². The zero-order chi connectivity index (χ0) is 23.3. The van der Waals surface area contributed by atoms with Crippen molar-refractivity contribution in [2.24, 2.45) is 5.92 Å². The van der Waals surface area contributed by atoms with Gasteiger partial charge >= 0.3 is 0 Å². The molecule has 0 bridgehead atoms. The molecule has 5 rings (SSSR count). The Kier molecular flexibility index (Phi) is 5.87. The van der Waals surface area contributed by atoms with Gasteiger partial charge in [0.25, 0.3) is 11.8 Å². The molecule has 0 saturated heterocycles. The van der Waals surface area contributed by atoms with E-state index in [1.165, 1.54) is 16.2 Å². The third-order valence-corrected chi connectivity index (χ3v) is 8.23. The molecule has 0 aromatic carbocycles. The lowest BCUT2D eigenvalue weighted by molar-refractivity contribution is -0.118. The lowest BCUT2D eigenvalue weighted by Gasteiger charge is -2.31. The average Bonchev–Trinajstić information content (AvgIpc) is 3.49. The second-order valence-corrected chi connectivity index (χ2v) is 11.8. The average molecular weight is 488 g/mol. The van der Waals surface area contributed by atoms with Gasteiger partial charge < -0.3 is 16.0 Å². The number of carbonyl (C=O) groups is 2. The molecule has 4 atom stereocenters. The fourth-order valence-electron chi connectivity index (χ4n) is 4.92. The van der Waals surface area contributed by atoms with Crippen LogP contribution in [0.25, 0.3) is 0 Å². The van der Waals surface area contributed by atoms with Gasteiger partial charge in [-0.25, -0.2) is 4.98 Å². The summed E-state index contributed by atoms with van der Waals surface area (Å²) in [5.74, 6) is -0.190. The lowest BCUT2D eigenvalue weighted by atomic mass is 9.98. The number of hydrogen-bond donors (Lipinski definition) is 3. The fourth-order valence-corrected chi connectivity index (χ4v) is 6.13.